The first-order valence-electron chi connectivity index (χ1n) is 3.83. The molecule has 1 aromatic carbocycles. The topological polar surface area (TPSA) is 35.5 Å². The Balaban J connectivity index is 2.37. The molecule has 0 aliphatic heterocycles. The van der Waals surface area contributed by atoms with Crippen molar-refractivity contribution in [3.05, 3.63) is 30.3 Å². The molecule has 0 fully saturated rings. The lowest BCUT2D eigenvalue weighted by molar-refractivity contribution is 0.305. The van der Waals surface area contributed by atoms with E-state index < -0.39 is 8.25 Å². The third kappa shape index (κ3) is 4.36. The van der Waals surface area contributed by atoms with Crippen LogP contribution in [0.4, 0.5) is 0 Å². The van der Waals surface area contributed by atoms with Crippen LogP contribution >= 0.6 is 20.9 Å². The van der Waals surface area contributed by atoms with Gasteiger partial charge in [0.15, 0.2) is 0 Å². The van der Waals surface area contributed by atoms with Crippen molar-refractivity contribution in [1.29, 1.82) is 0 Å². The summed E-state index contributed by atoms with van der Waals surface area (Å²) in [4.78, 5) is 0. The van der Waals surface area contributed by atoms with Gasteiger partial charge in [0.05, 0.1) is 6.61 Å². The van der Waals surface area contributed by atoms with Crippen LogP contribution < -0.4 is 4.52 Å². The summed E-state index contributed by atoms with van der Waals surface area (Å²) in [5.41, 5.74) is 0. The molecule has 1 unspecified atom stereocenters. The zero-order chi connectivity index (χ0) is 9.52. The second-order valence-electron chi connectivity index (χ2n) is 2.24. The summed E-state index contributed by atoms with van der Waals surface area (Å²) in [5, 5.41) is 0. The molecular weight excluding hydrogens is 207 g/mol. The second-order valence-corrected chi connectivity index (χ2v) is 3.68. The molecule has 3 nitrogen and oxygen atoms in total. The number of thiol groups is 1. The van der Waals surface area contributed by atoms with Gasteiger partial charge < -0.3 is 9.05 Å². The number of rotatable bonds is 5. The second kappa shape index (κ2) is 6.08. The summed E-state index contributed by atoms with van der Waals surface area (Å²) in [6.45, 7) is 0.341. The van der Waals surface area contributed by atoms with Crippen LogP contribution in [-0.4, -0.2) is 12.4 Å². The number of benzene rings is 1. The third-order valence-corrected chi connectivity index (χ3v) is 2.28. The zero-order valence-electron chi connectivity index (χ0n) is 6.97. The molecule has 1 rings (SSSR count). The maximum Gasteiger partial charge on any atom is 0.367 e. The maximum absolute atomic E-state index is 11.1. The highest BCUT2D eigenvalue weighted by Crippen LogP contribution is 2.27. The van der Waals surface area contributed by atoms with E-state index in [1.165, 1.54) is 0 Å². The van der Waals surface area contributed by atoms with Crippen molar-refractivity contribution in [2.75, 3.05) is 12.4 Å². The molecule has 1 atom stereocenters. The minimum absolute atomic E-state index is 0.341. The fourth-order valence-corrected chi connectivity index (χ4v) is 1.66. The lowest BCUT2D eigenvalue weighted by Gasteiger charge is -2.04. The van der Waals surface area contributed by atoms with E-state index in [9.17, 15) is 4.57 Å². The van der Waals surface area contributed by atoms with E-state index in [0.717, 1.165) is 0 Å². The molecule has 0 aliphatic rings. The summed E-state index contributed by atoms with van der Waals surface area (Å²) in [7, 11) is -2.40. The van der Waals surface area contributed by atoms with Crippen molar-refractivity contribution in [2.24, 2.45) is 0 Å². The Kier molecular flexibility index (Phi) is 4.98. The molecule has 5 heteroatoms. The van der Waals surface area contributed by atoms with Gasteiger partial charge in [-0.2, -0.15) is 12.6 Å². The van der Waals surface area contributed by atoms with Crippen LogP contribution in [0.25, 0.3) is 0 Å². The Bertz CT molecular complexity index is 265. The van der Waals surface area contributed by atoms with Crippen molar-refractivity contribution in [3.63, 3.8) is 0 Å². The van der Waals surface area contributed by atoms with Gasteiger partial charge in [-0.25, -0.2) is 4.57 Å². The van der Waals surface area contributed by atoms with E-state index >= 15 is 0 Å². The first kappa shape index (κ1) is 10.6. The molecule has 72 valence electrons. The minimum atomic E-state index is -2.40. The Hall–Kier alpha value is -0.440. The molecule has 0 saturated carbocycles. The van der Waals surface area contributed by atoms with Gasteiger partial charge in [-0.1, -0.05) is 18.2 Å². The molecule has 0 radical (unpaired) electrons. The molecular formula is C8H11O3PS. The molecule has 0 heterocycles. The van der Waals surface area contributed by atoms with E-state index in [4.69, 9.17) is 9.05 Å². The summed E-state index contributed by atoms with van der Waals surface area (Å²) in [6.07, 6.45) is 0. The van der Waals surface area contributed by atoms with Gasteiger partial charge in [-0.3, -0.25) is 0 Å². The largest absolute Gasteiger partial charge is 0.426 e. The molecule has 0 saturated heterocycles. The Morgan fingerprint density at radius 3 is 2.62 bits per heavy atom. The van der Waals surface area contributed by atoms with E-state index in [-0.39, 0.29) is 0 Å². The molecule has 0 aromatic heterocycles. The molecule has 0 spiro atoms. The van der Waals surface area contributed by atoms with Gasteiger partial charge in [-0.15, -0.1) is 0 Å². The van der Waals surface area contributed by atoms with Crippen LogP contribution in [0.2, 0.25) is 0 Å². The maximum atomic E-state index is 11.1. The summed E-state index contributed by atoms with van der Waals surface area (Å²) in [6, 6.07) is 8.93. The Morgan fingerprint density at radius 2 is 2.00 bits per heavy atom. The fraction of sp³-hybridized carbons (Fsp3) is 0.250. The van der Waals surface area contributed by atoms with E-state index in [1.807, 2.05) is 18.2 Å². The molecule has 0 amide bonds. The van der Waals surface area contributed by atoms with Gasteiger partial charge in [0.1, 0.15) is 5.75 Å². The Labute approximate surface area is 83.4 Å². The standard InChI is InChI=1S/C8H11O3PS/c9-12(10-6-7-13)11-8-4-2-1-3-5-8/h1-5,12-13H,6-7H2. The average molecular weight is 218 g/mol. The fourth-order valence-electron chi connectivity index (χ4n) is 0.743. The molecule has 0 N–H and O–H groups in total. The quantitative estimate of drug-likeness (QED) is 0.609. The Morgan fingerprint density at radius 1 is 1.31 bits per heavy atom. The molecule has 13 heavy (non-hydrogen) atoms. The number of para-hydroxylation sites is 1. The van der Waals surface area contributed by atoms with Crippen molar-refractivity contribution < 1.29 is 13.6 Å². The van der Waals surface area contributed by atoms with Crippen LogP contribution in [0.3, 0.4) is 0 Å². The lowest BCUT2D eigenvalue weighted by atomic mass is 10.3. The first-order valence-corrected chi connectivity index (χ1v) is 5.69. The van der Waals surface area contributed by atoms with Gasteiger partial charge >= 0.3 is 8.25 Å². The summed E-state index contributed by atoms with van der Waals surface area (Å²) >= 11 is 3.92. The summed E-state index contributed by atoms with van der Waals surface area (Å²) < 4.78 is 20.9. The lowest BCUT2D eigenvalue weighted by Crippen LogP contribution is -1.90. The van der Waals surface area contributed by atoms with E-state index in [0.29, 0.717) is 18.1 Å². The molecule has 0 aliphatic carbocycles. The van der Waals surface area contributed by atoms with Gasteiger partial charge in [0, 0.05) is 5.75 Å². The van der Waals surface area contributed by atoms with Crippen LogP contribution in [0.1, 0.15) is 0 Å². The summed E-state index contributed by atoms with van der Waals surface area (Å²) in [5.74, 6) is 1.10. The van der Waals surface area contributed by atoms with Crippen LogP contribution in [0, 0.1) is 0 Å². The zero-order valence-corrected chi connectivity index (χ0v) is 8.87. The van der Waals surface area contributed by atoms with Crippen LogP contribution in [0.15, 0.2) is 30.3 Å². The van der Waals surface area contributed by atoms with Gasteiger partial charge in [0.25, 0.3) is 0 Å². The minimum Gasteiger partial charge on any atom is -0.426 e. The monoisotopic (exact) mass is 218 g/mol. The van der Waals surface area contributed by atoms with E-state index in [1.54, 1.807) is 12.1 Å². The van der Waals surface area contributed by atoms with Crippen molar-refractivity contribution >= 4 is 20.9 Å². The molecule has 1 aromatic rings. The van der Waals surface area contributed by atoms with Crippen molar-refractivity contribution in [1.82, 2.24) is 0 Å². The first-order chi connectivity index (χ1) is 6.33. The van der Waals surface area contributed by atoms with Crippen LogP contribution in [-0.2, 0) is 9.09 Å². The normalized spacial score (nSPS) is 12.4. The van der Waals surface area contributed by atoms with Crippen LogP contribution in [0.5, 0.6) is 5.75 Å². The number of hydrogen-bond donors (Lipinski definition) is 1. The smallest absolute Gasteiger partial charge is 0.367 e. The van der Waals surface area contributed by atoms with Crippen molar-refractivity contribution in [3.8, 4) is 5.75 Å². The predicted octanol–water partition coefficient (Wildman–Crippen LogP) is 2.40. The highest BCUT2D eigenvalue weighted by molar-refractivity contribution is 7.80. The molecule has 0 bridgehead atoms. The highest BCUT2D eigenvalue weighted by Gasteiger charge is 1.99. The van der Waals surface area contributed by atoms with Crippen molar-refractivity contribution in [2.45, 2.75) is 0 Å². The highest BCUT2D eigenvalue weighted by atomic mass is 32.1. The van der Waals surface area contributed by atoms with Gasteiger partial charge in [-0.05, 0) is 12.1 Å². The third-order valence-electron chi connectivity index (χ3n) is 1.26. The number of hydrogen-bond acceptors (Lipinski definition) is 4. The van der Waals surface area contributed by atoms with Gasteiger partial charge in [0.2, 0.25) is 0 Å². The predicted molar refractivity (Wildman–Crippen MR) is 55.9 cm³/mol. The average Bonchev–Trinajstić information content (AvgIpc) is 2.16. The SMILES string of the molecule is O=[PH](OCCS)Oc1ccccc1. The van der Waals surface area contributed by atoms with E-state index in [2.05, 4.69) is 12.6 Å².